The number of hydrogen-bond acceptors (Lipinski definition) is 3. The highest BCUT2D eigenvalue weighted by Crippen LogP contribution is 2.44. The van der Waals surface area contributed by atoms with Crippen LogP contribution in [-0.4, -0.2) is 30.3 Å². The van der Waals surface area contributed by atoms with Gasteiger partial charge in [-0.15, -0.1) is 13.2 Å². The quantitative estimate of drug-likeness (QED) is 0.414. The van der Waals surface area contributed by atoms with Crippen molar-refractivity contribution in [3.63, 3.8) is 0 Å². The molecule has 1 amide bonds. The maximum Gasteiger partial charge on any atom is 0.573 e. The number of alkyl halides is 9. The second-order valence-electron chi connectivity index (χ2n) is 5.91. The van der Waals surface area contributed by atoms with E-state index in [2.05, 4.69) is 4.74 Å². The highest BCUT2D eigenvalue weighted by atomic mass is 35.5. The van der Waals surface area contributed by atoms with E-state index in [1.807, 2.05) is 0 Å². The molecule has 0 atom stereocenters. The van der Waals surface area contributed by atoms with Gasteiger partial charge < -0.3 is 15.4 Å². The molecule has 0 heterocycles. The molecule has 0 bridgehead atoms. The minimum Gasteiger partial charge on any atom is -0.406 e. The number of ether oxygens (including phenoxy) is 1. The Morgan fingerprint density at radius 1 is 0.839 bits per heavy atom. The van der Waals surface area contributed by atoms with Crippen molar-refractivity contribution in [2.45, 2.75) is 24.4 Å². The normalized spacial score (nSPS) is 13.0. The first-order chi connectivity index (χ1) is 14.0. The molecule has 0 unspecified atom stereocenters. The van der Waals surface area contributed by atoms with E-state index in [9.17, 15) is 44.3 Å². The zero-order chi connectivity index (χ0) is 23.7. The van der Waals surface area contributed by atoms with Gasteiger partial charge in [0.2, 0.25) is 0 Å². The summed E-state index contributed by atoms with van der Waals surface area (Å²) in [5.41, 5.74) is -6.48. The van der Waals surface area contributed by atoms with E-state index < -0.39 is 47.3 Å². The summed E-state index contributed by atoms with van der Waals surface area (Å²) in [6, 6.07) is 6.10. The zero-order valence-corrected chi connectivity index (χ0v) is 15.5. The van der Waals surface area contributed by atoms with Crippen LogP contribution in [0.15, 0.2) is 48.5 Å². The first-order valence-electron chi connectivity index (χ1n) is 7.89. The third-order valence-corrected chi connectivity index (χ3v) is 3.89. The van der Waals surface area contributed by atoms with E-state index in [0.29, 0.717) is 24.3 Å². The Morgan fingerprint density at radius 3 is 1.84 bits per heavy atom. The molecule has 0 aliphatic carbocycles. The van der Waals surface area contributed by atoms with Gasteiger partial charge in [-0.3, -0.25) is 4.79 Å². The third-order valence-electron chi connectivity index (χ3n) is 3.66. The molecule has 14 heteroatoms. The lowest BCUT2D eigenvalue weighted by molar-refractivity contribution is -0.294. The zero-order valence-electron chi connectivity index (χ0n) is 14.7. The van der Waals surface area contributed by atoms with E-state index in [1.54, 1.807) is 0 Å². The van der Waals surface area contributed by atoms with Crippen molar-refractivity contribution in [1.29, 1.82) is 0 Å². The third kappa shape index (κ3) is 5.87. The van der Waals surface area contributed by atoms with Crippen LogP contribution in [0.3, 0.4) is 0 Å². The van der Waals surface area contributed by atoms with Crippen molar-refractivity contribution in [2.75, 3.05) is 5.32 Å². The summed E-state index contributed by atoms with van der Waals surface area (Å²) in [5.74, 6) is -2.65. The van der Waals surface area contributed by atoms with Gasteiger partial charge in [-0.2, -0.15) is 26.3 Å². The van der Waals surface area contributed by atoms with Gasteiger partial charge in [0.15, 0.2) is 0 Å². The van der Waals surface area contributed by atoms with Crippen LogP contribution < -0.4 is 15.4 Å². The molecule has 0 fully saturated rings. The summed E-state index contributed by atoms with van der Waals surface area (Å²) in [6.07, 6.45) is -17.4. The predicted octanol–water partition coefficient (Wildman–Crippen LogP) is 5.90. The second kappa shape index (κ2) is 8.36. The monoisotopic (exact) mass is 480 g/mol. The average Bonchev–Trinajstić information content (AvgIpc) is 2.59. The molecular weight excluding hydrogens is 471 g/mol. The lowest BCUT2D eigenvalue weighted by Crippen LogP contribution is -2.72. The molecule has 4 nitrogen and oxygen atoms in total. The van der Waals surface area contributed by atoms with Crippen molar-refractivity contribution in [3.05, 3.63) is 59.1 Å². The lowest BCUT2D eigenvalue weighted by atomic mass is 10.1. The number of anilines is 1. The molecule has 0 spiro atoms. The SMILES string of the molecule is O=C(NC(Nc1ccc(OC(F)(F)F)cc1)(C(F)(F)F)C(F)(F)F)c1cccc(Cl)c1. The number of carbonyl (C=O) groups excluding carboxylic acids is 1. The van der Waals surface area contributed by atoms with Gasteiger partial charge in [0, 0.05) is 16.3 Å². The van der Waals surface area contributed by atoms with Crippen molar-refractivity contribution < 1.29 is 49.0 Å². The smallest absolute Gasteiger partial charge is 0.406 e. The highest BCUT2D eigenvalue weighted by molar-refractivity contribution is 6.30. The molecule has 0 saturated heterocycles. The van der Waals surface area contributed by atoms with Crippen LogP contribution in [0, 0.1) is 0 Å². The summed E-state index contributed by atoms with van der Waals surface area (Å²) in [6.45, 7) is 0. The molecule has 0 aliphatic rings. The molecule has 2 rings (SSSR count). The fraction of sp³-hybridized carbons (Fsp3) is 0.235. The summed E-state index contributed by atoms with van der Waals surface area (Å²) < 4.78 is 122. The number of benzene rings is 2. The number of carbonyl (C=O) groups is 1. The summed E-state index contributed by atoms with van der Waals surface area (Å²) in [7, 11) is 0. The maximum atomic E-state index is 13.6. The topological polar surface area (TPSA) is 50.4 Å². The molecule has 2 N–H and O–H groups in total. The summed E-state index contributed by atoms with van der Waals surface area (Å²) >= 11 is 5.60. The number of nitrogens with one attached hydrogen (secondary N) is 2. The van der Waals surface area contributed by atoms with Crippen LogP contribution in [0.4, 0.5) is 45.2 Å². The van der Waals surface area contributed by atoms with Gasteiger partial charge in [-0.1, -0.05) is 17.7 Å². The minimum absolute atomic E-state index is 0.120. The van der Waals surface area contributed by atoms with Crippen LogP contribution in [0.5, 0.6) is 5.75 Å². The number of hydrogen-bond donors (Lipinski definition) is 2. The Morgan fingerprint density at radius 2 is 1.39 bits per heavy atom. The largest absolute Gasteiger partial charge is 0.573 e. The minimum atomic E-state index is -6.12. The Kier molecular flexibility index (Phi) is 6.59. The molecule has 2 aromatic rings. The fourth-order valence-corrected chi connectivity index (χ4v) is 2.49. The molecule has 0 saturated carbocycles. The number of halogens is 10. The van der Waals surface area contributed by atoms with E-state index in [0.717, 1.165) is 28.8 Å². The molecule has 0 radical (unpaired) electrons. The van der Waals surface area contributed by atoms with Gasteiger partial charge in [0.05, 0.1) is 0 Å². The van der Waals surface area contributed by atoms with Gasteiger partial charge in [0.1, 0.15) is 5.75 Å². The van der Waals surface area contributed by atoms with E-state index in [4.69, 9.17) is 11.6 Å². The van der Waals surface area contributed by atoms with Gasteiger partial charge >= 0.3 is 24.4 Å². The van der Waals surface area contributed by atoms with Crippen LogP contribution in [0.2, 0.25) is 5.02 Å². The average molecular weight is 481 g/mol. The van der Waals surface area contributed by atoms with E-state index >= 15 is 0 Å². The van der Waals surface area contributed by atoms with E-state index in [-0.39, 0.29) is 5.02 Å². The summed E-state index contributed by atoms with van der Waals surface area (Å²) in [5, 5.41) is 1.89. The fourth-order valence-electron chi connectivity index (χ4n) is 2.30. The van der Waals surface area contributed by atoms with Crippen molar-refractivity contribution in [3.8, 4) is 5.75 Å². The Balaban J connectivity index is 2.44. The molecule has 0 aliphatic heterocycles. The highest BCUT2D eigenvalue weighted by Gasteiger charge is 2.72. The van der Waals surface area contributed by atoms with Crippen molar-refractivity contribution in [1.82, 2.24) is 5.32 Å². The van der Waals surface area contributed by atoms with Crippen LogP contribution >= 0.6 is 11.6 Å². The van der Waals surface area contributed by atoms with Gasteiger partial charge in [0.25, 0.3) is 5.91 Å². The Bertz CT molecular complexity index is 911. The maximum absolute atomic E-state index is 13.6. The van der Waals surface area contributed by atoms with Gasteiger partial charge in [-0.05, 0) is 42.5 Å². The lowest BCUT2D eigenvalue weighted by Gasteiger charge is -2.39. The molecule has 0 aromatic heterocycles. The van der Waals surface area contributed by atoms with Crippen molar-refractivity contribution >= 4 is 23.2 Å². The Hall–Kier alpha value is -2.83. The van der Waals surface area contributed by atoms with Gasteiger partial charge in [-0.25, -0.2) is 0 Å². The predicted molar refractivity (Wildman–Crippen MR) is 90.5 cm³/mol. The first kappa shape index (κ1) is 24.4. The number of amides is 1. The standard InChI is InChI=1S/C17H10ClF9N2O2/c18-10-3-1-2-9(8-10)13(30)29-14(15(19,20)21,16(22,23)24)28-11-4-6-12(7-5-11)31-17(25,26)27/h1-8,28H,(H,29,30). The van der Waals surface area contributed by atoms with Crippen molar-refractivity contribution in [2.24, 2.45) is 0 Å². The van der Waals surface area contributed by atoms with Crippen LogP contribution in [0.1, 0.15) is 10.4 Å². The Labute approximate surface area is 172 Å². The molecule has 2 aromatic carbocycles. The molecule has 31 heavy (non-hydrogen) atoms. The molecule has 170 valence electrons. The number of rotatable bonds is 5. The second-order valence-corrected chi connectivity index (χ2v) is 6.34. The van der Waals surface area contributed by atoms with E-state index in [1.165, 1.54) is 6.07 Å². The molecular formula is C17H10ClF9N2O2. The summed E-state index contributed by atoms with van der Waals surface area (Å²) in [4.78, 5) is 12.2. The van der Waals surface area contributed by atoms with Crippen LogP contribution in [0.25, 0.3) is 0 Å². The first-order valence-corrected chi connectivity index (χ1v) is 8.27. The van der Waals surface area contributed by atoms with Crippen LogP contribution in [-0.2, 0) is 0 Å².